The number of amides is 1. The van der Waals surface area contributed by atoms with Gasteiger partial charge in [0.2, 0.25) is 5.75 Å². The van der Waals surface area contributed by atoms with Gasteiger partial charge in [0.25, 0.3) is 5.91 Å². The van der Waals surface area contributed by atoms with Gasteiger partial charge in [-0.3, -0.25) is 4.79 Å². The Balaban J connectivity index is 1.40. The number of piperidine rings is 1. The van der Waals surface area contributed by atoms with Crippen molar-refractivity contribution in [3.63, 3.8) is 0 Å². The molecule has 9 nitrogen and oxygen atoms in total. The number of hydrogen-bond acceptors (Lipinski definition) is 8. The highest BCUT2D eigenvalue weighted by atomic mass is 16.5. The quantitative estimate of drug-likeness (QED) is 0.658. The van der Waals surface area contributed by atoms with E-state index in [1.54, 1.807) is 33.5 Å². The summed E-state index contributed by atoms with van der Waals surface area (Å²) >= 11 is 0. The van der Waals surface area contributed by atoms with Gasteiger partial charge in [0.15, 0.2) is 23.1 Å². The van der Waals surface area contributed by atoms with E-state index in [0.717, 1.165) is 18.2 Å². The molecule has 2 aliphatic rings. The molecule has 1 aromatic heterocycles. The normalized spacial score (nSPS) is 18.8. The first kappa shape index (κ1) is 22.9. The maximum absolute atomic E-state index is 13.2. The number of anilines is 2. The number of hydrogen-bond donors (Lipinski definition) is 0. The average molecular weight is 456 g/mol. The van der Waals surface area contributed by atoms with E-state index < -0.39 is 0 Å². The van der Waals surface area contributed by atoms with E-state index in [-0.39, 0.29) is 5.91 Å². The van der Waals surface area contributed by atoms with Crippen LogP contribution in [0.1, 0.15) is 36.5 Å². The van der Waals surface area contributed by atoms with Crippen molar-refractivity contribution in [1.82, 2.24) is 15.1 Å². The molecule has 2 saturated heterocycles. The van der Waals surface area contributed by atoms with Crippen LogP contribution in [-0.4, -0.2) is 81.1 Å². The number of methoxy groups -OCH3 is 3. The Morgan fingerprint density at radius 1 is 0.879 bits per heavy atom. The van der Waals surface area contributed by atoms with E-state index in [1.165, 1.54) is 19.3 Å². The van der Waals surface area contributed by atoms with Crippen molar-refractivity contribution in [3.8, 4) is 17.2 Å². The second-order valence-corrected chi connectivity index (χ2v) is 8.48. The number of benzene rings is 1. The van der Waals surface area contributed by atoms with Gasteiger partial charge >= 0.3 is 0 Å². The van der Waals surface area contributed by atoms with Crippen LogP contribution in [0.5, 0.6) is 17.2 Å². The summed E-state index contributed by atoms with van der Waals surface area (Å²) in [4.78, 5) is 19.5. The zero-order valence-corrected chi connectivity index (χ0v) is 19.9. The molecule has 178 valence electrons. The molecule has 1 amide bonds. The number of nitrogens with zero attached hydrogens (tertiary/aromatic N) is 5. The number of ether oxygens (including phenoxy) is 3. The van der Waals surface area contributed by atoms with Crippen LogP contribution in [0.25, 0.3) is 0 Å². The van der Waals surface area contributed by atoms with Crippen LogP contribution in [-0.2, 0) is 0 Å². The van der Waals surface area contributed by atoms with Gasteiger partial charge in [0.05, 0.1) is 21.3 Å². The van der Waals surface area contributed by atoms with E-state index in [1.807, 2.05) is 11.0 Å². The van der Waals surface area contributed by atoms with Gasteiger partial charge in [-0.25, -0.2) is 0 Å². The van der Waals surface area contributed by atoms with Crippen LogP contribution in [0.3, 0.4) is 0 Å². The lowest BCUT2D eigenvalue weighted by molar-refractivity contribution is 0.0745. The molecule has 2 aromatic rings. The molecule has 1 atom stereocenters. The van der Waals surface area contributed by atoms with E-state index >= 15 is 0 Å². The summed E-state index contributed by atoms with van der Waals surface area (Å²) in [6.07, 6.45) is 3.68. The topological polar surface area (TPSA) is 80.3 Å². The second kappa shape index (κ2) is 10.1. The second-order valence-electron chi connectivity index (χ2n) is 8.48. The molecule has 0 bridgehead atoms. The SMILES string of the molecule is COc1cc(C(=O)N2CCN(c3ccc(N4CCCC[C@H]4C)nn3)CC2)cc(OC)c1OC. The molecule has 4 rings (SSSR count). The van der Waals surface area contributed by atoms with Gasteiger partial charge in [-0.15, -0.1) is 10.2 Å². The highest BCUT2D eigenvalue weighted by Gasteiger charge is 2.26. The molecule has 2 fully saturated rings. The molecule has 9 heteroatoms. The van der Waals surface area contributed by atoms with E-state index in [2.05, 4.69) is 33.0 Å². The van der Waals surface area contributed by atoms with Crippen molar-refractivity contribution >= 4 is 17.5 Å². The Labute approximate surface area is 195 Å². The lowest BCUT2D eigenvalue weighted by Crippen LogP contribution is -2.49. The molecular weight excluding hydrogens is 422 g/mol. The highest BCUT2D eigenvalue weighted by molar-refractivity contribution is 5.95. The third-order valence-electron chi connectivity index (χ3n) is 6.54. The van der Waals surface area contributed by atoms with Crippen LogP contribution >= 0.6 is 0 Å². The van der Waals surface area contributed by atoms with E-state index in [4.69, 9.17) is 14.2 Å². The minimum absolute atomic E-state index is 0.0607. The minimum Gasteiger partial charge on any atom is -0.493 e. The third kappa shape index (κ3) is 4.77. The maximum Gasteiger partial charge on any atom is 0.254 e. The average Bonchev–Trinajstić information content (AvgIpc) is 2.87. The Hall–Kier alpha value is -3.23. The standard InChI is InChI=1S/C24H33N5O4/c1-17-7-5-6-10-29(17)22-9-8-21(25-26-22)27-11-13-28(14-12-27)24(30)18-15-19(31-2)23(33-4)20(16-18)32-3/h8-9,15-17H,5-7,10-14H2,1-4H3/t17-/m1/s1. The Morgan fingerprint density at radius 3 is 2.06 bits per heavy atom. The van der Waals surface area contributed by atoms with Crippen LogP contribution in [0.15, 0.2) is 24.3 Å². The molecule has 0 N–H and O–H groups in total. The van der Waals surface area contributed by atoms with Crippen molar-refractivity contribution < 1.29 is 19.0 Å². The molecule has 0 spiro atoms. The fourth-order valence-corrected chi connectivity index (χ4v) is 4.60. The zero-order valence-electron chi connectivity index (χ0n) is 19.9. The monoisotopic (exact) mass is 455 g/mol. The molecule has 3 heterocycles. The predicted octanol–water partition coefficient (Wildman–Crippen LogP) is 2.84. The fraction of sp³-hybridized carbons (Fsp3) is 0.542. The lowest BCUT2D eigenvalue weighted by atomic mass is 10.0. The smallest absolute Gasteiger partial charge is 0.254 e. The highest BCUT2D eigenvalue weighted by Crippen LogP contribution is 2.38. The summed E-state index contributed by atoms with van der Waals surface area (Å²) < 4.78 is 16.1. The first-order chi connectivity index (χ1) is 16.0. The summed E-state index contributed by atoms with van der Waals surface area (Å²) in [6.45, 7) is 5.88. The minimum atomic E-state index is -0.0607. The summed E-state index contributed by atoms with van der Waals surface area (Å²) in [5.41, 5.74) is 0.512. The summed E-state index contributed by atoms with van der Waals surface area (Å²) in [7, 11) is 4.63. The van der Waals surface area contributed by atoms with Crippen LogP contribution in [0, 0.1) is 0 Å². The summed E-state index contributed by atoms with van der Waals surface area (Å²) in [5, 5.41) is 8.99. The first-order valence-electron chi connectivity index (χ1n) is 11.5. The van der Waals surface area contributed by atoms with Gasteiger partial charge in [0, 0.05) is 44.3 Å². The lowest BCUT2D eigenvalue weighted by Gasteiger charge is -2.36. The van der Waals surface area contributed by atoms with Gasteiger partial charge in [0.1, 0.15) is 0 Å². The van der Waals surface area contributed by atoms with Gasteiger partial charge in [-0.05, 0) is 50.5 Å². The Kier molecular flexibility index (Phi) is 7.05. The van der Waals surface area contributed by atoms with Gasteiger partial charge < -0.3 is 28.9 Å². The van der Waals surface area contributed by atoms with Crippen molar-refractivity contribution in [1.29, 1.82) is 0 Å². The third-order valence-corrected chi connectivity index (χ3v) is 6.54. The zero-order chi connectivity index (χ0) is 23.4. The Bertz CT molecular complexity index is 935. The largest absolute Gasteiger partial charge is 0.493 e. The van der Waals surface area contributed by atoms with Crippen molar-refractivity contribution in [2.24, 2.45) is 0 Å². The maximum atomic E-state index is 13.2. The van der Waals surface area contributed by atoms with Crippen molar-refractivity contribution in [3.05, 3.63) is 29.8 Å². The van der Waals surface area contributed by atoms with Crippen LogP contribution < -0.4 is 24.0 Å². The number of carbonyl (C=O) groups is 1. The molecule has 2 aliphatic heterocycles. The molecule has 0 unspecified atom stereocenters. The molecule has 1 aromatic carbocycles. The number of carbonyl (C=O) groups excluding carboxylic acids is 1. The predicted molar refractivity (Wildman–Crippen MR) is 127 cm³/mol. The number of piperazine rings is 1. The van der Waals surface area contributed by atoms with Crippen LogP contribution in [0.4, 0.5) is 11.6 Å². The summed E-state index contributed by atoms with van der Waals surface area (Å²) in [6, 6.07) is 8.01. The van der Waals surface area contributed by atoms with Gasteiger partial charge in [-0.2, -0.15) is 0 Å². The molecule has 0 radical (unpaired) electrons. The number of rotatable bonds is 6. The molecule has 0 saturated carbocycles. The van der Waals surface area contributed by atoms with E-state index in [0.29, 0.717) is 55.0 Å². The summed E-state index contributed by atoms with van der Waals surface area (Å²) in [5.74, 6) is 3.15. The number of aromatic nitrogens is 2. The first-order valence-corrected chi connectivity index (χ1v) is 11.5. The molecule has 33 heavy (non-hydrogen) atoms. The van der Waals surface area contributed by atoms with Crippen molar-refractivity contribution in [2.75, 3.05) is 63.9 Å². The van der Waals surface area contributed by atoms with E-state index in [9.17, 15) is 4.79 Å². The Morgan fingerprint density at radius 2 is 1.52 bits per heavy atom. The van der Waals surface area contributed by atoms with Crippen molar-refractivity contribution in [2.45, 2.75) is 32.2 Å². The molecular formula is C24H33N5O4. The van der Waals surface area contributed by atoms with Crippen LogP contribution in [0.2, 0.25) is 0 Å². The van der Waals surface area contributed by atoms with Gasteiger partial charge in [-0.1, -0.05) is 0 Å². The molecule has 0 aliphatic carbocycles. The fourth-order valence-electron chi connectivity index (χ4n) is 4.60.